The number of hydrogen-bond acceptors (Lipinski definition) is 8. The molecule has 1 aliphatic heterocycles. The van der Waals surface area contributed by atoms with Gasteiger partial charge in [0, 0.05) is 80.3 Å². The highest BCUT2D eigenvalue weighted by Gasteiger charge is 2.24. The number of hydrogen-bond donors (Lipinski definition) is 4. The molecular formula is C62H86N6O7. The summed E-state index contributed by atoms with van der Waals surface area (Å²) in [6.07, 6.45) is 14.4. The van der Waals surface area contributed by atoms with Crippen LogP contribution in [0.15, 0.2) is 82.0 Å². The Hall–Kier alpha value is -6.42. The van der Waals surface area contributed by atoms with Crippen LogP contribution in [0.5, 0.6) is 0 Å². The molecule has 0 saturated heterocycles. The number of unbranched alkanes of at least 4 members (excludes halogenated alkanes) is 1. The van der Waals surface area contributed by atoms with Crippen LogP contribution in [-0.2, 0) is 25.7 Å². The van der Waals surface area contributed by atoms with Crippen LogP contribution in [0.3, 0.4) is 0 Å². The quantitative estimate of drug-likeness (QED) is 0.0208. The molecule has 13 nitrogen and oxygen atoms in total. The van der Waals surface area contributed by atoms with Gasteiger partial charge in [0.25, 0.3) is 5.91 Å². The zero-order chi connectivity index (χ0) is 54.0. The van der Waals surface area contributed by atoms with E-state index in [1.165, 1.54) is 32.1 Å². The van der Waals surface area contributed by atoms with Gasteiger partial charge in [0.1, 0.15) is 17.2 Å². The first-order valence-corrected chi connectivity index (χ1v) is 28.3. The van der Waals surface area contributed by atoms with Gasteiger partial charge in [-0.05, 0) is 112 Å². The summed E-state index contributed by atoms with van der Waals surface area (Å²) >= 11 is 0. The molecule has 0 radical (unpaired) electrons. The fourth-order valence-electron chi connectivity index (χ4n) is 10.3. The molecule has 3 aromatic carbocycles. The van der Waals surface area contributed by atoms with E-state index in [1.54, 1.807) is 11.0 Å². The van der Waals surface area contributed by atoms with Crippen molar-refractivity contribution < 1.29 is 28.4 Å². The van der Waals surface area contributed by atoms with Gasteiger partial charge >= 0.3 is 5.63 Å². The molecule has 0 spiro atoms. The van der Waals surface area contributed by atoms with E-state index in [4.69, 9.17) is 4.42 Å². The highest BCUT2D eigenvalue weighted by atomic mass is 16.4. The summed E-state index contributed by atoms with van der Waals surface area (Å²) in [6, 6.07) is 21.7. The zero-order valence-electron chi connectivity index (χ0n) is 46.0. The minimum atomic E-state index is -0.814. The molecule has 0 aliphatic carbocycles. The number of rotatable bonds is 33. The smallest absolute Gasteiger partial charge is 0.349 e. The lowest BCUT2D eigenvalue weighted by atomic mass is 9.87. The fraction of sp³-hybridized carbons (Fsp3) is 0.548. The van der Waals surface area contributed by atoms with Crippen LogP contribution in [0, 0.1) is 29.6 Å². The molecule has 13 heteroatoms. The van der Waals surface area contributed by atoms with Gasteiger partial charge in [0.2, 0.25) is 23.6 Å². The molecule has 4 N–H and O–H groups in total. The predicted octanol–water partition coefficient (Wildman–Crippen LogP) is 11.0. The van der Waals surface area contributed by atoms with Crippen molar-refractivity contribution in [1.29, 1.82) is 0 Å². The summed E-state index contributed by atoms with van der Waals surface area (Å²) in [4.78, 5) is 84.3. The number of para-hydroxylation sites is 1. The number of nitrogens with zero attached hydrogens (tertiary/aromatic N) is 2. The van der Waals surface area contributed by atoms with Gasteiger partial charge in [-0.15, -0.1) is 0 Å². The second-order valence-corrected chi connectivity index (χ2v) is 20.3. The maximum atomic E-state index is 14.1. The number of carbonyl (C=O) groups is 5. The van der Waals surface area contributed by atoms with E-state index < -0.39 is 17.6 Å². The van der Waals surface area contributed by atoms with E-state index in [1.807, 2.05) is 66.7 Å². The van der Waals surface area contributed by atoms with Gasteiger partial charge in [-0.1, -0.05) is 128 Å². The summed E-state index contributed by atoms with van der Waals surface area (Å²) in [7, 11) is 0. The number of nitrogens with one attached hydrogen (secondary N) is 4. The summed E-state index contributed by atoms with van der Waals surface area (Å²) in [6.45, 7) is 16.0. The Morgan fingerprint density at radius 1 is 0.640 bits per heavy atom. The van der Waals surface area contributed by atoms with Crippen molar-refractivity contribution in [3.63, 3.8) is 0 Å². The van der Waals surface area contributed by atoms with Gasteiger partial charge < -0.3 is 35.5 Å². The lowest BCUT2D eigenvalue weighted by Crippen LogP contribution is -2.47. The molecule has 0 bridgehead atoms. The molecule has 4 unspecified atom stereocenters. The Bertz CT molecular complexity index is 2590. The van der Waals surface area contributed by atoms with Crippen molar-refractivity contribution in [2.24, 2.45) is 17.8 Å². The molecule has 1 aromatic heterocycles. The Morgan fingerprint density at radius 3 is 2.04 bits per heavy atom. The Balaban J connectivity index is 1.16. The van der Waals surface area contributed by atoms with E-state index in [-0.39, 0.29) is 68.0 Å². The van der Waals surface area contributed by atoms with E-state index in [9.17, 15) is 28.8 Å². The lowest BCUT2D eigenvalue weighted by molar-refractivity contribution is -0.129. The van der Waals surface area contributed by atoms with Crippen molar-refractivity contribution in [3.8, 4) is 11.8 Å². The van der Waals surface area contributed by atoms with Crippen molar-refractivity contribution >= 4 is 51.9 Å². The Morgan fingerprint density at radius 2 is 1.31 bits per heavy atom. The summed E-state index contributed by atoms with van der Waals surface area (Å²) < 4.78 is 5.59. The van der Waals surface area contributed by atoms with E-state index >= 15 is 0 Å². The van der Waals surface area contributed by atoms with Crippen LogP contribution >= 0.6 is 0 Å². The minimum Gasteiger partial charge on any atom is -0.422 e. The molecule has 0 saturated carbocycles. The van der Waals surface area contributed by atoms with Crippen LogP contribution in [0.25, 0.3) is 11.0 Å². The van der Waals surface area contributed by atoms with E-state index in [0.717, 1.165) is 85.6 Å². The summed E-state index contributed by atoms with van der Waals surface area (Å²) in [5.74, 6) is 6.64. The molecule has 5 rings (SSSR count). The summed E-state index contributed by atoms with van der Waals surface area (Å²) in [5.41, 5.74) is 3.87. The maximum Gasteiger partial charge on any atom is 0.349 e. The number of benzene rings is 3. The minimum absolute atomic E-state index is 0.0388. The lowest BCUT2D eigenvalue weighted by Gasteiger charge is -2.26. The first-order valence-electron chi connectivity index (χ1n) is 28.3. The van der Waals surface area contributed by atoms with Crippen molar-refractivity contribution in [2.45, 2.75) is 170 Å². The van der Waals surface area contributed by atoms with Crippen LogP contribution in [0.1, 0.15) is 184 Å². The molecule has 75 heavy (non-hydrogen) atoms. The molecule has 4 aromatic rings. The van der Waals surface area contributed by atoms with Gasteiger partial charge in [0.05, 0.1) is 12.2 Å². The highest BCUT2D eigenvalue weighted by molar-refractivity contribution is 5.97. The molecule has 0 fully saturated rings. The average molecular weight is 1030 g/mol. The number of carbonyl (C=O) groups excluding carboxylic acids is 5. The topological polar surface area (TPSA) is 170 Å². The molecule has 2 heterocycles. The van der Waals surface area contributed by atoms with E-state index in [0.29, 0.717) is 55.2 Å². The molecule has 4 atom stereocenters. The molecule has 406 valence electrons. The molecule has 5 amide bonds. The van der Waals surface area contributed by atoms with Crippen LogP contribution in [0.4, 0.5) is 11.4 Å². The van der Waals surface area contributed by atoms with Crippen molar-refractivity contribution in [2.75, 3.05) is 42.5 Å². The van der Waals surface area contributed by atoms with Crippen LogP contribution in [0.2, 0.25) is 0 Å². The third kappa shape index (κ3) is 19.0. The maximum absolute atomic E-state index is 14.1. The molecular weight excluding hydrogens is 941 g/mol. The Kier molecular flexibility index (Phi) is 25.5. The van der Waals surface area contributed by atoms with Gasteiger partial charge in [-0.3, -0.25) is 24.0 Å². The monoisotopic (exact) mass is 1030 g/mol. The third-order valence-corrected chi connectivity index (χ3v) is 14.9. The fourth-order valence-corrected chi connectivity index (χ4v) is 10.3. The van der Waals surface area contributed by atoms with Crippen molar-refractivity contribution in [3.05, 3.63) is 105 Å². The number of fused-ring (bicyclic) bond motifs is 3. The number of anilines is 2. The van der Waals surface area contributed by atoms with Crippen LogP contribution in [-0.4, -0.2) is 68.3 Å². The first-order chi connectivity index (χ1) is 36.4. The van der Waals surface area contributed by atoms with Gasteiger partial charge in [0.15, 0.2) is 0 Å². The average Bonchev–Trinajstić information content (AvgIpc) is 3.40. The zero-order valence-corrected chi connectivity index (χ0v) is 46.0. The third-order valence-electron chi connectivity index (χ3n) is 14.9. The SMILES string of the molecule is CCCC(CC)CCCC(CCC(CC)CCC)CNC(=O)C(CCCCNC(=O)c1cc2ccc(N(CC)CC)cc2oc1=O)NC(=O)CCCC(=O)NCCC(=O)N1Cc2ccccc2C#Cc2ccccc21. The van der Waals surface area contributed by atoms with Crippen LogP contribution < -0.4 is 36.7 Å². The van der Waals surface area contributed by atoms with Gasteiger partial charge in [-0.25, -0.2) is 4.79 Å². The van der Waals surface area contributed by atoms with E-state index in [2.05, 4.69) is 79.6 Å². The van der Waals surface area contributed by atoms with Gasteiger partial charge in [-0.2, -0.15) is 0 Å². The normalized spacial score (nSPS) is 13.4. The second-order valence-electron chi connectivity index (χ2n) is 20.3. The second kappa shape index (κ2) is 32.1. The largest absolute Gasteiger partial charge is 0.422 e. The Labute approximate surface area is 447 Å². The number of amides is 5. The van der Waals surface area contributed by atoms with Crippen molar-refractivity contribution in [1.82, 2.24) is 21.3 Å². The summed E-state index contributed by atoms with van der Waals surface area (Å²) in [5, 5.41) is 12.5. The standard InChI is InChI=1S/C62H86N6O7/c1-7-21-45(9-3)23-19-24-47(33-32-46(10-4)22-8-2)43-65-61(73)54(28-17-18-39-64-60(72)53-41-50-36-37-52(67(11-5)12-6)42-56(50)75-62(53)74)66-58(70)31-20-30-57(69)63-40-38-59(71)68-44-51-27-14-13-25-48(51)34-35-49-26-15-16-29-55(49)68/h13-16,25-27,29,36-37,41-42,45-47,54H,7-12,17-24,28,30-33,38-40,43-44H2,1-6H3,(H,63,69)(H,64,72)(H,65,73)(H,66,70). The predicted molar refractivity (Wildman–Crippen MR) is 303 cm³/mol. The first kappa shape index (κ1) is 59.5. The molecule has 1 aliphatic rings. The highest BCUT2D eigenvalue weighted by Crippen LogP contribution is 2.28.